The van der Waals surface area contributed by atoms with Crippen LogP contribution in [0.3, 0.4) is 0 Å². The molecule has 0 saturated carbocycles. The molecule has 0 aliphatic carbocycles. The second-order valence-electron chi connectivity index (χ2n) is 6.14. The number of carbonyl (C=O) groups excluding carboxylic acids is 2. The first kappa shape index (κ1) is 19.2. The van der Waals surface area contributed by atoms with Gasteiger partial charge in [-0.3, -0.25) is 9.36 Å². The zero-order valence-electron chi connectivity index (χ0n) is 15.2. The van der Waals surface area contributed by atoms with E-state index in [1.165, 1.54) is 11.8 Å². The minimum Gasteiger partial charge on any atom is -0.450 e. The number of likely N-dealkylation sites (tertiary alicyclic amines) is 1. The van der Waals surface area contributed by atoms with Crippen molar-refractivity contribution >= 4 is 23.8 Å². The number of hydrogen-bond acceptors (Lipinski definition) is 6. The number of piperidine rings is 1. The first-order valence-corrected chi connectivity index (χ1v) is 9.95. The summed E-state index contributed by atoms with van der Waals surface area (Å²) in [5.74, 6) is 0.223. The van der Waals surface area contributed by atoms with E-state index in [2.05, 4.69) is 15.5 Å². The van der Waals surface area contributed by atoms with Crippen LogP contribution in [0.1, 0.15) is 19.8 Å². The van der Waals surface area contributed by atoms with E-state index in [1.807, 2.05) is 34.9 Å². The van der Waals surface area contributed by atoms with Crippen molar-refractivity contribution in [2.24, 2.45) is 0 Å². The Morgan fingerprint density at radius 1 is 1.26 bits per heavy atom. The third kappa shape index (κ3) is 5.22. The van der Waals surface area contributed by atoms with Crippen molar-refractivity contribution in [2.75, 3.05) is 25.4 Å². The van der Waals surface area contributed by atoms with Gasteiger partial charge in [-0.2, -0.15) is 0 Å². The number of hydrogen-bond donors (Lipinski definition) is 1. The van der Waals surface area contributed by atoms with E-state index in [1.54, 1.807) is 18.2 Å². The second-order valence-corrected chi connectivity index (χ2v) is 7.08. The molecule has 1 N–H and O–H groups in total. The maximum absolute atomic E-state index is 12.3. The largest absolute Gasteiger partial charge is 0.450 e. The van der Waals surface area contributed by atoms with E-state index in [-0.39, 0.29) is 23.8 Å². The SMILES string of the molecule is CCOC(=O)N1CCC(NC(=O)CSc2nncn2-c2ccccc2)CC1. The number of carbonyl (C=O) groups is 2. The highest BCUT2D eigenvalue weighted by Crippen LogP contribution is 2.19. The van der Waals surface area contributed by atoms with Gasteiger partial charge < -0.3 is 15.0 Å². The lowest BCUT2D eigenvalue weighted by Gasteiger charge is -2.31. The minimum atomic E-state index is -0.280. The molecule has 0 atom stereocenters. The number of rotatable bonds is 6. The van der Waals surface area contributed by atoms with E-state index >= 15 is 0 Å². The van der Waals surface area contributed by atoms with Crippen LogP contribution < -0.4 is 5.32 Å². The van der Waals surface area contributed by atoms with Gasteiger partial charge in [0, 0.05) is 24.8 Å². The molecule has 1 fully saturated rings. The monoisotopic (exact) mass is 389 g/mol. The van der Waals surface area contributed by atoms with Crippen molar-refractivity contribution in [3.63, 3.8) is 0 Å². The van der Waals surface area contributed by atoms with E-state index < -0.39 is 0 Å². The Balaban J connectivity index is 1.45. The van der Waals surface area contributed by atoms with Crippen LogP contribution in [-0.2, 0) is 9.53 Å². The molecule has 144 valence electrons. The van der Waals surface area contributed by atoms with Gasteiger partial charge >= 0.3 is 6.09 Å². The molecular formula is C18H23N5O3S. The van der Waals surface area contributed by atoms with Crippen molar-refractivity contribution in [3.05, 3.63) is 36.7 Å². The van der Waals surface area contributed by atoms with Gasteiger partial charge in [0.1, 0.15) is 6.33 Å². The molecule has 1 saturated heterocycles. The normalized spacial score (nSPS) is 14.8. The van der Waals surface area contributed by atoms with Crippen LogP contribution in [0.25, 0.3) is 5.69 Å². The molecule has 1 aliphatic rings. The summed E-state index contributed by atoms with van der Waals surface area (Å²) in [6, 6.07) is 9.84. The Kier molecular flexibility index (Phi) is 6.69. The van der Waals surface area contributed by atoms with Crippen LogP contribution in [0.4, 0.5) is 4.79 Å². The standard InChI is InChI=1S/C18H23N5O3S/c1-2-26-18(25)22-10-8-14(9-11-22)20-16(24)12-27-17-21-19-13-23(17)15-6-4-3-5-7-15/h3-7,13-14H,2,8-12H2,1H3,(H,20,24). The van der Waals surface area contributed by atoms with Gasteiger partial charge in [0.25, 0.3) is 0 Å². The summed E-state index contributed by atoms with van der Waals surface area (Å²) in [4.78, 5) is 25.7. The molecule has 0 unspecified atom stereocenters. The number of aromatic nitrogens is 3. The van der Waals surface area contributed by atoms with Crippen molar-refractivity contribution in [1.82, 2.24) is 25.0 Å². The van der Waals surface area contributed by atoms with Crippen LogP contribution in [0.2, 0.25) is 0 Å². The fraction of sp³-hybridized carbons (Fsp3) is 0.444. The number of amides is 2. The van der Waals surface area contributed by atoms with Crippen LogP contribution in [0, 0.1) is 0 Å². The van der Waals surface area contributed by atoms with E-state index in [0.29, 0.717) is 24.9 Å². The van der Waals surface area contributed by atoms with E-state index in [4.69, 9.17) is 4.74 Å². The predicted octanol–water partition coefficient (Wildman–Crippen LogP) is 2.10. The minimum absolute atomic E-state index is 0.0443. The Morgan fingerprint density at radius 3 is 2.70 bits per heavy atom. The summed E-state index contributed by atoms with van der Waals surface area (Å²) in [5, 5.41) is 11.7. The van der Waals surface area contributed by atoms with Gasteiger partial charge in [-0.05, 0) is 31.9 Å². The van der Waals surface area contributed by atoms with E-state index in [9.17, 15) is 9.59 Å². The van der Waals surface area contributed by atoms with Gasteiger partial charge in [-0.15, -0.1) is 10.2 Å². The van der Waals surface area contributed by atoms with Crippen LogP contribution in [0.15, 0.2) is 41.8 Å². The number of benzene rings is 1. The third-order valence-electron chi connectivity index (χ3n) is 4.27. The summed E-state index contributed by atoms with van der Waals surface area (Å²) in [5.41, 5.74) is 0.955. The number of thioether (sulfide) groups is 1. The predicted molar refractivity (Wildman–Crippen MR) is 102 cm³/mol. The van der Waals surface area contributed by atoms with Crippen LogP contribution in [0.5, 0.6) is 0 Å². The molecule has 8 nitrogen and oxygen atoms in total. The summed E-state index contributed by atoms with van der Waals surface area (Å²) in [6.07, 6.45) is 2.82. The fourth-order valence-corrected chi connectivity index (χ4v) is 3.65. The number of nitrogens with zero attached hydrogens (tertiary/aromatic N) is 4. The zero-order chi connectivity index (χ0) is 19.1. The highest BCUT2D eigenvalue weighted by molar-refractivity contribution is 7.99. The molecule has 1 aliphatic heterocycles. The highest BCUT2D eigenvalue weighted by Gasteiger charge is 2.24. The van der Waals surface area contributed by atoms with Crippen molar-refractivity contribution in [1.29, 1.82) is 0 Å². The molecule has 2 heterocycles. The lowest BCUT2D eigenvalue weighted by Crippen LogP contribution is -2.47. The van der Waals surface area contributed by atoms with Crippen molar-refractivity contribution in [3.8, 4) is 5.69 Å². The molecule has 9 heteroatoms. The molecular weight excluding hydrogens is 366 g/mol. The first-order chi connectivity index (χ1) is 13.2. The van der Waals surface area contributed by atoms with E-state index in [0.717, 1.165) is 18.5 Å². The molecule has 27 heavy (non-hydrogen) atoms. The van der Waals surface area contributed by atoms with Crippen molar-refractivity contribution in [2.45, 2.75) is 31.0 Å². The Labute approximate surface area is 162 Å². The summed E-state index contributed by atoms with van der Waals surface area (Å²) in [7, 11) is 0. The Morgan fingerprint density at radius 2 is 2.00 bits per heavy atom. The molecule has 1 aromatic heterocycles. The Hall–Kier alpha value is -2.55. The highest BCUT2D eigenvalue weighted by atomic mass is 32.2. The molecule has 3 rings (SSSR count). The van der Waals surface area contributed by atoms with Gasteiger partial charge in [0.15, 0.2) is 5.16 Å². The number of ether oxygens (including phenoxy) is 1. The molecule has 2 amide bonds. The molecule has 0 spiro atoms. The third-order valence-corrected chi connectivity index (χ3v) is 5.21. The smallest absolute Gasteiger partial charge is 0.409 e. The summed E-state index contributed by atoms with van der Waals surface area (Å²) >= 11 is 1.35. The topological polar surface area (TPSA) is 89.3 Å². The maximum atomic E-state index is 12.3. The van der Waals surface area contributed by atoms with Gasteiger partial charge in [0.2, 0.25) is 5.91 Å². The molecule has 2 aromatic rings. The Bertz CT molecular complexity index is 759. The number of para-hydroxylation sites is 1. The first-order valence-electron chi connectivity index (χ1n) is 8.96. The lowest BCUT2D eigenvalue weighted by atomic mass is 10.1. The lowest BCUT2D eigenvalue weighted by molar-refractivity contribution is -0.119. The van der Waals surface area contributed by atoms with Gasteiger partial charge in [-0.25, -0.2) is 4.79 Å². The summed E-state index contributed by atoms with van der Waals surface area (Å²) in [6.45, 7) is 3.36. The molecule has 0 radical (unpaired) electrons. The van der Waals surface area contributed by atoms with Gasteiger partial charge in [0.05, 0.1) is 12.4 Å². The average molecular weight is 389 g/mol. The van der Waals surface area contributed by atoms with Gasteiger partial charge in [-0.1, -0.05) is 30.0 Å². The number of nitrogens with one attached hydrogen (secondary N) is 1. The zero-order valence-corrected chi connectivity index (χ0v) is 16.0. The fourth-order valence-electron chi connectivity index (χ4n) is 2.91. The van der Waals surface area contributed by atoms with Crippen molar-refractivity contribution < 1.29 is 14.3 Å². The maximum Gasteiger partial charge on any atom is 0.409 e. The average Bonchev–Trinajstić information content (AvgIpc) is 3.16. The molecule has 0 bridgehead atoms. The second kappa shape index (κ2) is 9.40. The quantitative estimate of drug-likeness (QED) is 0.761. The van der Waals surface area contributed by atoms with Crippen LogP contribution >= 0.6 is 11.8 Å². The summed E-state index contributed by atoms with van der Waals surface area (Å²) < 4.78 is 6.86. The van der Waals surface area contributed by atoms with Crippen LogP contribution in [-0.4, -0.2) is 63.2 Å². The molecule has 1 aromatic carbocycles.